The topological polar surface area (TPSA) is 81.4 Å². The van der Waals surface area contributed by atoms with Gasteiger partial charge in [-0.25, -0.2) is 0 Å². The first kappa shape index (κ1) is 17.9. The summed E-state index contributed by atoms with van der Waals surface area (Å²) in [6, 6.07) is 14.5. The Kier molecular flexibility index (Phi) is 6.26. The molecule has 0 unspecified atom stereocenters. The number of primary amides is 1. The maximum atomic E-state index is 12.2. The van der Waals surface area contributed by atoms with E-state index >= 15 is 0 Å². The van der Waals surface area contributed by atoms with Crippen LogP contribution in [-0.4, -0.2) is 24.2 Å². The third-order valence-electron chi connectivity index (χ3n) is 3.45. The van der Waals surface area contributed by atoms with Gasteiger partial charge in [-0.15, -0.1) is 11.8 Å². The first-order valence-corrected chi connectivity index (χ1v) is 8.34. The molecule has 0 heterocycles. The van der Waals surface area contributed by atoms with Crippen molar-refractivity contribution in [2.75, 3.05) is 7.11 Å². The van der Waals surface area contributed by atoms with Crippen molar-refractivity contribution in [3.8, 4) is 5.75 Å². The van der Waals surface area contributed by atoms with Crippen LogP contribution in [0.25, 0.3) is 0 Å². The number of nitrogens with two attached hydrogens (primary N) is 1. The van der Waals surface area contributed by atoms with Crippen molar-refractivity contribution < 1.29 is 14.3 Å². The van der Waals surface area contributed by atoms with Crippen LogP contribution in [0, 0.1) is 0 Å². The molecule has 0 aromatic heterocycles. The Morgan fingerprint density at radius 3 is 2.29 bits per heavy atom. The number of benzene rings is 2. The van der Waals surface area contributed by atoms with Gasteiger partial charge in [0.1, 0.15) is 5.75 Å². The van der Waals surface area contributed by atoms with Crippen LogP contribution in [0.4, 0.5) is 0 Å². The highest BCUT2D eigenvalue weighted by atomic mass is 32.2. The second kappa shape index (κ2) is 8.40. The maximum Gasteiger partial charge on any atom is 0.248 e. The first-order chi connectivity index (χ1) is 11.5. The molecular weight excluding hydrogens is 324 g/mol. The number of methoxy groups -OCH3 is 1. The summed E-state index contributed by atoms with van der Waals surface area (Å²) in [6.45, 7) is 2.27. The van der Waals surface area contributed by atoms with Crippen LogP contribution in [-0.2, 0) is 11.3 Å². The van der Waals surface area contributed by atoms with E-state index in [2.05, 4.69) is 5.32 Å². The van der Waals surface area contributed by atoms with Crippen molar-refractivity contribution in [3.05, 3.63) is 59.7 Å². The minimum absolute atomic E-state index is 0.0465. The summed E-state index contributed by atoms with van der Waals surface area (Å²) < 4.78 is 5.11. The second-order valence-corrected chi connectivity index (χ2v) is 6.63. The number of amides is 2. The molecule has 5 nitrogen and oxygen atoms in total. The number of carbonyl (C=O) groups excluding carboxylic acids is 2. The molecule has 0 spiro atoms. The van der Waals surface area contributed by atoms with Gasteiger partial charge in [-0.1, -0.05) is 12.1 Å². The van der Waals surface area contributed by atoms with Gasteiger partial charge in [0.2, 0.25) is 11.8 Å². The smallest absolute Gasteiger partial charge is 0.248 e. The Hall–Kier alpha value is -2.47. The Labute approximate surface area is 145 Å². The SMILES string of the molecule is COc1ccc(S[C@@H](C)C(=O)NCc2ccc(C(N)=O)cc2)cc1. The number of rotatable bonds is 7. The normalized spacial score (nSPS) is 11.6. The first-order valence-electron chi connectivity index (χ1n) is 7.46. The molecule has 0 aliphatic carbocycles. The summed E-state index contributed by atoms with van der Waals surface area (Å²) in [5.41, 5.74) is 6.56. The van der Waals surface area contributed by atoms with Crippen LogP contribution in [0.3, 0.4) is 0 Å². The Morgan fingerprint density at radius 1 is 1.12 bits per heavy atom. The predicted molar refractivity (Wildman–Crippen MR) is 95.1 cm³/mol. The minimum atomic E-state index is -0.463. The lowest BCUT2D eigenvalue weighted by molar-refractivity contribution is -0.120. The molecule has 6 heteroatoms. The highest BCUT2D eigenvalue weighted by molar-refractivity contribution is 8.00. The van der Waals surface area contributed by atoms with Crippen LogP contribution < -0.4 is 15.8 Å². The predicted octanol–water partition coefficient (Wildman–Crippen LogP) is 2.59. The summed E-state index contributed by atoms with van der Waals surface area (Å²) in [5, 5.41) is 2.67. The Balaban J connectivity index is 1.85. The number of carbonyl (C=O) groups is 2. The van der Waals surface area contributed by atoms with Gasteiger partial charge in [0.15, 0.2) is 0 Å². The summed E-state index contributed by atoms with van der Waals surface area (Å²) in [7, 11) is 1.62. The quantitative estimate of drug-likeness (QED) is 0.757. The molecule has 0 saturated heterocycles. The fourth-order valence-electron chi connectivity index (χ4n) is 2.03. The number of nitrogens with one attached hydrogen (secondary N) is 1. The molecule has 2 aromatic rings. The summed E-state index contributed by atoms with van der Waals surface area (Å²) in [4.78, 5) is 24.2. The molecule has 126 valence electrons. The average molecular weight is 344 g/mol. The van der Waals surface area contributed by atoms with Crippen LogP contribution in [0.5, 0.6) is 5.75 Å². The number of thioether (sulfide) groups is 1. The molecular formula is C18H20N2O3S. The van der Waals surface area contributed by atoms with E-state index in [0.717, 1.165) is 16.2 Å². The van der Waals surface area contributed by atoms with Gasteiger partial charge in [0.05, 0.1) is 12.4 Å². The molecule has 2 aromatic carbocycles. The molecule has 0 aliphatic heterocycles. The van der Waals surface area contributed by atoms with Crippen molar-refractivity contribution >= 4 is 23.6 Å². The van der Waals surface area contributed by atoms with E-state index in [0.29, 0.717) is 12.1 Å². The lowest BCUT2D eigenvalue weighted by Gasteiger charge is -2.12. The van der Waals surface area contributed by atoms with Crippen LogP contribution >= 0.6 is 11.8 Å². The van der Waals surface area contributed by atoms with Gasteiger partial charge in [-0.2, -0.15) is 0 Å². The third kappa shape index (κ3) is 5.03. The van der Waals surface area contributed by atoms with E-state index in [1.54, 1.807) is 31.4 Å². The fourth-order valence-corrected chi connectivity index (χ4v) is 2.92. The molecule has 2 amide bonds. The average Bonchev–Trinajstić information content (AvgIpc) is 2.60. The fraction of sp³-hybridized carbons (Fsp3) is 0.222. The highest BCUT2D eigenvalue weighted by Crippen LogP contribution is 2.25. The van der Waals surface area contributed by atoms with Crippen molar-refractivity contribution in [3.63, 3.8) is 0 Å². The lowest BCUT2D eigenvalue weighted by Crippen LogP contribution is -2.30. The van der Waals surface area contributed by atoms with Gasteiger partial charge < -0.3 is 15.8 Å². The summed E-state index contributed by atoms with van der Waals surface area (Å²) in [5.74, 6) is 0.278. The zero-order valence-corrected chi connectivity index (χ0v) is 14.4. The van der Waals surface area contributed by atoms with Crippen molar-refractivity contribution in [1.82, 2.24) is 5.32 Å². The minimum Gasteiger partial charge on any atom is -0.497 e. The molecule has 3 N–H and O–H groups in total. The zero-order valence-electron chi connectivity index (χ0n) is 13.6. The molecule has 0 fully saturated rings. The number of hydrogen-bond acceptors (Lipinski definition) is 4. The van der Waals surface area contributed by atoms with E-state index in [1.165, 1.54) is 11.8 Å². The molecule has 24 heavy (non-hydrogen) atoms. The highest BCUT2D eigenvalue weighted by Gasteiger charge is 2.14. The van der Waals surface area contributed by atoms with E-state index in [9.17, 15) is 9.59 Å². The maximum absolute atomic E-state index is 12.2. The van der Waals surface area contributed by atoms with E-state index in [1.807, 2.05) is 31.2 Å². The van der Waals surface area contributed by atoms with Crippen LogP contribution in [0.2, 0.25) is 0 Å². The van der Waals surface area contributed by atoms with E-state index in [4.69, 9.17) is 10.5 Å². The summed E-state index contributed by atoms with van der Waals surface area (Å²) in [6.07, 6.45) is 0. The summed E-state index contributed by atoms with van der Waals surface area (Å²) >= 11 is 1.48. The van der Waals surface area contributed by atoms with Crippen LogP contribution in [0.15, 0.2) is 53.4 Å². The lowest BCUT2D eigenvalue weighted by atomic mass is 10.1. The Bertz CT molecular complexity index is 699. The third-order valence-corrected chi connectivity index (χ3v) is 4.56. The number of ether oxygens (including phenoxy) is 1. The molecule has 2 rings (SSSR count). The van der Waals surface area contributed by atoms with Crippen molar-refractivity contribution in [2.45, 2.75) is 23.6 Å². The Morgan fingerprint density at radius 2 is 1.75 bits per heavy atom. The van der Waals surface area contributed by atoms with Gasteiger partial charge >= 0.3 is 0 Å². The molecule has 0 radical (unpaired) electrons. The molecule has 1 atom stereocenters. The van der Waals surface area contributed by atoms with Crippen molar-refractivity contribution in [1.29, 1.82) is 0 Å². The second-order valence-electron chi connectivity index (χ2n) is 5.21. The largest absolute Gasteiger partial charge is 0.497 e. The van der Waals surface area contributed by atoms with Gasteiger partial charge in [0.25, 0.3) is 0 Å². The van der Waals surface area contributed by atoms with Gasteiger partial charge in [-0.05, 0) is 48.9 Å². The van der Waals surface area contributed by atoms with E-state index in [-0.39, 0.29) is 11.2 Å². The molecule has 0 aliphatic rings. The van der Waals surface area contributed by atoms with Crippen molar-refractivity contribution in [2.24, 2.45) is 5.73 Å². The standard InChI is InChI=1S/C18H20N2O3S/c1-12(24-16-9-7-15(23-2)8-10-16)18(22)20-11-13-3-5-14(6-4-13)17(19)21/h3-10,12H,11H2,1-2H3,(H2,19,21)(H,20,22)/t12-/m0/s1. The zero-order chi connectivity index (χ0) is 17.5. The molecule has 0 saturated carbocycles. The van der Waals surface area contributed by atoms with Gasteiger partial charge in [-0.3, -0.25) is 9.59 Å². The number of hydrogen-bond donors (Lipinski definition) is 2. The van der Waals surface area contributed by atoms with E-state index < -0.39 is 5.91 Å². The van der Waals surface area contributed by atoms with Crippen LogP contribution in [0.1, 0.15) is 22.8 Å². The monoisotopic (exact) mass is 344 g/mol. The molecule has 0 bridgehead atoms. The van der Waals surface area contributed by atoms with Gasteiger partial charge in [0, 0.05) is 17.0 Å².